The first kappa shape index (κ1) is 20.3. The lowest BCUT2D eigenvalue weighted by Crippen LogP contribution is -2.48. The van der Waals surface area contributed by atoms with E-state index >= 15 is 0 Å². The number of hydrogen-bond donors (Lipinski definition) is 0. The molecule has 28 heavy (non-hydrogen) atoms. The Labute approximate surface area is 170 Å². The highest BCUT2D eigenvalue weighted by molar-refractivity contribution is 6.30. The lowest BCUT2D eigenvalue weighted by Gasteiger charge is -2.35. The Kier molecular flexibility index (Phi) is 6.65. The normalized spacial score (nSPS) is 14.6. The highest BCUT2D eigenvalue weighted by Crippen LogP contribution is 2.40. The lowest BCUT2D eigenvalue weighted by molar-refractivity contribution is 0.0627. The fourth-order valence-corrected chi connectivity index (χ4v) is 3.63. The van der Waals surface area contributed by atoms with Crippen LogP contribution < -0.4 is 14.2 Å². The zero-order chi connectivity index (χ0) is 20.1. The number of rotatable bonds is 6. The molecular formula is C21H25ClN2O4. The zero-order valence-corrected chi connectivity index (χ0v) is 17.2. The van der Waals surface area contributed by atoms with Crippen molar-refractivity contribution in [3.63, 3.8) is 0 Å². The summed E-state index contributed by atoms with van der Waals surface area (Å²) in [5, 5.41) is 0.574. The van der Waals surface area contributed by atoms with Crippen LogP contribution in [-0.2, 0) is 6.54 Å². The van der Waals surface area contributed by atoms with Crippen LogP contribution in [0.15, 0.2) is 36.4 Å². The Bertz CT molecular complexity index is 835. The Hall–Kier alpha value is -2.44. The standard InChI is InChI=1S/C21H25ClN2O4/c1-26-18-8-7-16(19(27-2)20(18)28-3)14-23-9-11-24(12-10-23)21(25)15-5-4-6-17(22)13-15/h4-8,13H,9-12,14H2,1-3H3. The Morgan fingerprint density at radius 2 is 1.68 bits per heavy atom. The second-order valence-electron chi connectivity index (χ2n) is 6.57. The lowest BCUT2D eigenvalue weighted by atomic mass is 10.1. The summed E-state index contributed by atoms with van der Waals surface area (Å²) in [5.74, 6) is 1.93. The van der Waals surface area contributed by atoms with Crippen LogP contribution in [-0.4, -0.2) is 63.2 Å². The van der Waals surface area contributed by atoms with Gasteiger partial charge in [-0.1, -0.05) is 23.7 Å². The molecule has 0 unspecified atom stereocenters. The van der Waals surface area contributed by atoms with Crippen molar-refractivity contribution in [2.24, 2.45) is 0 Å². The van der Waals surface area contributed by atoms with E-state index in [0.717, 1.165) is 18.7 Å². The molecule has 0 saturated carbocycles. The highest BCUT2D eigenvalue weighted by Gasteiger charge is 2.24. The van der Waals surface area contributed by atoms with Gasteiger partial charge in [-0.05, 0) is 24.3 Å². The largest absolute Gasteiger partial charge is 0.493 e. The van der Waals surface area contributed by atoms with E-state index in [1.165, 1.54) is 0 Å². The van der Waals surface area contributed by atoms with Gasteiger partial charge in [-0.3, -0.25) is 9.69 Å². The van der Waals surface area contributed by atoms with Gasteiger partial charge in [0.1, 0.15) is 0 Å². The number of amides is 1. The predicted molar refractivity (Wildman–Crippen MR) is 109 cm³/mol. The molecule has 2 aromatic rings. The molecule has 0 aromatic heterocycles. The van der Waals surface area contributed by atoms with Crippen LogP contribution in [0.3, 0.4) is 0 Å². The zero-order valence-electron chi connectivity index (χ0n) is 16.4. The third kappa shape index (κ3) is 4.34. The van der Waals surface area contributed by atoms with E-state index in [2.05, 4.69) is 4.90 Å². The molecule has 7 heteroatoms. The predicted octanol–water partition coefficient (Wildman–Crippen LogP) is 3.32. The number of ether oxygens (including phenoxy) is 3. The van der Waals surface area contributed by atoms with Gasteiger partial charge in [0, 0.05) is 48.9 Å². The molecule has 1 saturated heterocycles. The monoisotopic (exact) mass is 404 g/mol. The van der Waals surface area contributed by atoms with E-state index in [1.54, 1.807) is 45.6 Å². The molecule has 2 aromatic carbocycles. The van der Waals surface area contributed by atoms with Crippen molar-refractivity contribution < 1.29 is 19.0 Å². The van der Waals surface area contributed by atoms with Gasteiger partial charge in [0.15, 0.2) is 11.5 Å². The van der Waals surface area contributed by atoms with Crippen LogP contribution in [0.25, 0.3) is 0 Å². The summed E-state index contributed by atoms with van der Waals surface area (Å²) in [6, 6.07) is 11.0. The van der Waals surface area contributed by atoms with Gasteiger partial charge in [0.05, 0.1) is 21.3 Å². The Balaban J connectivity index is 1.65. The van der Waals surface area contributed by atoms with Crippen LogP contribution >= 0.6 is 11.6 Å². The number of benzene rings is 2. The Morgan fingerprint density at radius 1 is 0.964 bits per heavy atom. The molecule has 1 aliphatic rings. The van der Waals surface area contributed by atoms with Crippen molar-refractivity contribution in [3.05, 3.63) is 52.5 Å². The SMILES string of the molecule is COc1ccc(CN2CCN(C(=O)c3cccc(Cl)c3)CC2)c(OC)c1OC. The first-order valence-electron chi connectivity index (χ1n) is 9.12. The number of hydrogen-bond acceptors (Lipinski definition) is 5. The number of carbonyl (C=O) groups is 1. The maximum Gasteiger partial charge on any atom is 0.253 e. The molecule has 6 nitrogen and oxygen atoms in total. The van der Waals surface area contributed by atoms with E-state index in [9.17, 15) is 4.79 Å². The minimum Gasteiger partial charge on any atom is -0.493 e. The molecule has 0 atom stereocenters. The average Bonchev–Trinajstić information content (AvgIpc) is 2.73. The number of methoxy groups -OCH3 is 3. The van der Waals surface area contributed by atoms with E-state index in [0.29, 0.717) is 47.5 Å². The van der Waals surface area contributed by atoms with Gasteiger partial charge in [-0.2, -0.15) is 0 Å². The van der Waals surface area contributed by atoms with Gasteiger partial charge in [0.2, 0.25) is 5.75 Å². The first-order chi connectivity index (χ1) is 13.6. The number of piperazine rings is 1. The van der Waals surface area contributed by atoms with Crippen LogP contribution in [0.1, 0.15) is 15.9 Å². The Morgan fingerprint density at radius 3 is 2.29 bits per heavy atom. The number of halogens is 1. The van der Waals surface area contributed by atoms with Crippen LogP contribution in [0, 0.1) is 0 Å². The third-order valence-corrected chi connectivity index (χ3v) is 5.15. The van der Waals surface area contributed by atoms with Crippen molar-refractivity contribution >= 4 is 17.5 Å². The third-order valence-electron chi connectivity index (χ3n) is 4.91. The summed E-state index contributed by atoms with van der Waals surface area (Å²) < 4.78 is 16.4. The van der Waals surface area contributed by atoms with Gasteiger partial charge in [-0.15, -0.1) is 0 Å². The topological polar surface area (TPSA) is 51.2 Å². The van der Waals surface area contributed by atoms with Crippen molar-refractivity contribution in [3.8, 4) is 17.2 Å². The summed E-state index contributed by atoms with van der Waals surface area (Å²) in [6.45, 7) is 3.61. The number of carbonyl (C=O) groups excluding carboxylic acids is 1. The summed E-state index contributed by atoms with van der Waals surface area (Å²) in [7, 11) is 4.83. The highest BCUT2D eigenvalue weighted by atomic mass is 35.5. The molecule has 3 rings (SSSR count). The minimum atomic E-state index is 0.0193. The molecule has 0 radical (unpaired) electrons. The van der Waals surface area contributed by atoms with E-state index < -0.39 is 0 Å². The van der Waals surface area contributed by atoms with Crippen LogP contribution in [0.2, 0.25) is 5.02 Å². The van der Waals surface area contributed by atoms with Gasteiger partial charge < -0.3 is 19.1 Å². The fourth-order valence-electron chi connectivity index (χ4n) is 3.44. The number of nitrogens with zero attached hydrogens (tertiary/aromatic N) is 2. The molecule has 1 heterocycles. The van der Waals surface area contributed by atoms with Crippen LogP contribution in [0.5, 0.6) is 17.2 Å². The van der Waals surface area contributed by atoms with E-state index in [4.69, 9.17) is 25.8 Å². The molecule has 0 N–H and O–H groups in total. The van der Waals surface area contributed by atoms with Crippen molar-refractivity contribution in [2.45, 2.75) is 6.54 Å². The summed E-state index contributed by atoms with van der Waals surface area (Å²) in [4.78, 5) is 16.8. The van der Waals surface area contributed by atoms with Gasteiger partial charge >= 0.3 is 0 Å². The van der Waals surface area contributed by atoms with Crippen LogP contribution in [0.4, 0.5) is 0 Å². The fraction of sp³-hybridized carbons (Fsp3) is 0.381. The second kappa shape index (κ2) is 9.17. The molecule has 1 amide bonds. The molecule has 0 bridgehead atoms. The van der Waals surface area contributed by atoms with Crippen molar-refractivity contribution in [2.75, 3.05) is 47.5 Å². The first-order valence-corrected chi connectivity index (χ1v) is 9.50. The quantitative estimate of drug-likeness (QED) is 0.739. The van der Waals surface area contributed by atoms with Crippen molar-refractivity contribution in [1.29, 1.82) is 0 Å². The maximum absolute atomic E-state index is 12.7. The van der Waals surface area contributed by atoms with Crippen molar-refractivity contribution in [1.82, 2.24) is 9.80 Å². The summed E-state index contributed by atoms with van der Waals surface area (Å²) >= 11 is 6.01. The molecular weight excluding hydrogens is 380 g/mol. The molecule has 1 aliphatic heterocycles. The molecule has 1 fully saturated rings. The molecule has 0 aliphatic carbocycles. The van der Waals surface area contributed by atoms with E-state index in [1.807, 2.05) is 17.0 Å². The molecule has 150 valence electrons. The van der Waals surface area contributed by atoms with Gasteiger partial charge in [0.25, 0.3) is 5.91 Å². The average molecular weight is 405 g/mol. The molecule has 0 spiro atoms. The maximum atomic E-state index is 12.7. The minimum absolute atomic E-state index is 0.0193. The summed E-state index contributed by atoms with van der Waals surface area (Å²) in [5.41, 5.74) is 1.65. The summed E-state index contributed by atoms with van der Waals surface area (Å²) in [6.07, 6.45) is 0. The smallest absolute Gasteiger partial charge is 0.253 e. The van der Waals surface area contributed by atoms with E-state index in [-0.39, 0.29) is 5.91 Å². The van der Waals surface area contributed by atoms with Gasteiger partial charge in [-0.25, -0.2) is 0 Å². The second-order valence-corrected chi connectivity index (χ2v) is 7.01.